The lowest BCUT2D eigenvalue weighted by Gasteiger charge is -2.12. The van der Waals surface area contributed by atoms with Crippen molar-refractivity contribution in [3.63, 3.8) is 0 Å². The zero-order valence-corrected chi connectivity index (χ0v) is 18.8. The number of benzene rings is 2. The van der Waals surface area contributed by atoms with E-state index in [4.69, 9.17) is 25.8 Å². The van der Waals surface area contributed by atoms with Gasteiger partial charge in [0.2, 0.25) is 5.91 Å². The average molecular weight is 465 g/mol. The Morgan fingerprint density at radius 3 is 2.47 bits per heavy atom. The molecular weight excluding hydrogens is 439 g/mol. The molecule has 9 heteroatoms. The topological polar surface area (TPSA) is 85.9 Å². The number of hydrogen-bond donors (Lipinski definition) is 2. The number of nitrogens with one attached hydrogen (secondary N) is 2. The molecule has 2 rings (SSSR count). The second-order valence-corrected chi connectivity index (χ2v) is 7.20. The van der Waals surface area contributed by atoms with Gasteiger partial charge in [0.15, 0.2) is 6.61 Å². The number of aryl methyl sites for hydroxylation is 1. The predicted molar refractivity (Wildman–Crippen MR) is 120 cm³/mol. The molecule has 0 heterocycles. The normalized spacial score (nSPS) is 10.2. The van der Waals surface area contributed by atoms with Crippen molar-refractivity contribution >= 4 is 23.4 Å². The van der Waals surface area contributed by atoms with Crippen molar-refractivity contribution in [1.29, 1.82) is 0 Å². The van der Waals surface area contributed by atoms with E-state index in [1.165, 1.54) is 12.1 Å². The van der Waals surface area contributed by atoms with E-state index in [1.807, 2.05) is 6.07 Å². The molecule has 0 bridgehead atoms. The van der Waals surface area contributed by atoms with Crippen molar-refractivity contribution in [2.45, 2.75) is 19.3 Å². The predicted octanol–water partition coefficient (Wildman–Crippen LogP) is 3.64. The molecule has 172 valence electrons. The molecule has 2 amide bonds. The fraction of sp³-hybridized carbons (Fsp3) is 0.304. The lowest BCUT2D eigenvalue weighted by atomic mass is 10.1. The molecule has 0 aliphatic heterocycles. The van der Waals surface area contributed by atoms with Crippen LogP contribution in [0.4, 0.5) is 4.39 Å². The monoisotopic (exact) mass is 464 g/mol. The van der Waals surface area contributed by atoms with Gasteiger partial charge in [-0.2, -0.15) is 0 Å². The molecule has 0 spiro atoms. The van der Waals surface area contributed by atoms with Gasteiger partial charge in [-0.25, -0.2) is 4.39 Å². The average Bonchev–Trinajstić information content (AvgIpc) is 2.78. The van der Waals surface area contributed by atoms with Crippen LogP contribution in [0.2, 0.25) is 5.02 Å². The van der Waals surface area contributed by atoms with Crippen molar-refractivity contribution in [1.82, 2.24) is 10.6 Å². The van der Waals surface area contributed by atoms with Crippen LogP contribution in [0.3, 0.4) is 0 Å². The molecule has 0 saturated carbocycles. The van der Waals surface area contributed by atoms with Crippen LogP contribution in [0, 0.1) is 5.82 Å². The summed E-state index contributed by atoms with van der Waals surface area (Å²) < 4.78 is 29.1. The number of halogens is 2. The van der Waals surface area contributed by atoms with Crippen LogP contribution in [0.25, 0.3) is 0 Å². The van der Waals surface area contributed by atoms with Crippen LogP contribution >= 0.6 is 11.6 Å². The molecule has 0 saturated heterocycles. The molecule has 7 nitrogen and oxygen atoms in total. The van der Waals surface area contributed by atoms with Crippen molar-refractivity contribution in [2.75, 3.05) is 27.4 Å². The lowest BCUT2D eigenvalue weighted by Crippen LogP contribution is -2.31. The fourth-order valence-corrected chi connectivity index (χ4v) is 2.90. The van der Waals surface area contributed by atoms with E-state index < -0.39 is 11.7 Å². The maximum atomic E-state index is 13.4. The molecule has 0 aliphatic carbocycles. The largest absolute Gasteiger partial charge is 0.497 e. The molecule has 2 N–H and O–H groups in total. The quantitative estimate of drug-likeness (QED) is 0.501. The smallest absolute Gasteiger partial charge is 0.262 e. The highest BCUT2D eigenvalue weighted by atomic mass is 35.5. The highest BCUT2D eigenvalue weighted by molar-refractivity contribution is 6.30. The van der Waals surface area contributed by atoms with Crippen molar-refractivity contribution in [3.8, 4) is 17.2 Å². The highest BCUT2D eigenvalue weighted by Gasteiger charge is 2.10. The minimum Gasteiger partial charge on any atom is -0.497 e. The Hall–Kier alpha value is -3.26. The Balaban J connectivity index is 1.67. The first-order valence-electron chi connectivity index (χ1n) is 9.85. The summed E-state index contributed by atoms with van der Waals surface area (Å²) in [6, 6.07) is 9.33. The summed E-state index contributed by atoms with van der Waals surface area (Å²) in [5.74, 6) is 0.364. The Kier molecular flexibility index (Phi) is 9.81. The summed E-state index contributed by atoms with van der Waals surface area (Å²) in [7, 11) is 3.15. The first-order valence-corrected chi connectivity index (χ1v) is 10.2. The number of methoxy groups -OCH3 is 2. The van der Waals surface area contributed by atoms with Gasteiger partial charge in [0, 0.05) is 31.1 Å². The standard InChI is InChI=1S/C23H26ClFN2O5/c1-15(27-23(29)14-32-18-5-7-19(24)20(25)13-18)10-11-26-22(28)9-4-16-12-17(30-2)6-8-21(16)31-3/h5-8,12-13H,1,4,9-11,14H2,2-3H3,(H,26,28)(H,27,29). The molecule has 2 aromatic rings. The number of hydrogen-bond acceptors (Lipinski definition) is 5. The Morgan fingerprint density at radius 2 is 1.78 bits per heavy atom. The van der Waals surface area contributed by atoms with E-state index in [-0.39, 0.29) is 29.7 Å². The van der Waals surface area contributed by atoms with Gasteiger partial charge in [-0.1, -0.05) is 18.2 Å². The number of carbonyl (C=O) groups excluding carboxylic acids is 2. The zero-order chi connectivity index (χ0) is 23.5. The van der Waals surface area contributed by atoms with Crippen molar-refractivity contribution in [2.24, 2.45) is 0 Å². The Labute approximate surface area is 191 Å². The molecule has 0 atom stereocenters. The molecule has 0 fully saturated rings. The molecule has 2 aromatic carbocycles. The van der Waals surface area contributed by atoms with Gasteiger partial charge in [0.25, 0.3) is 5.91 Å². The number of amides is 2. The number of rotatable bonds is 12. The maximum Gasteiger partial charge on any atom is 0.262 e. The minimum absolute atomic E-state index is 0.0279. The summed E-state index contributed by atoms with van der Waals surface area (Å²) in [4.78, 5) is 24.0. The minimum atomic E-state index is -0.630. The first kappa shape index (κ1) is 25.0. The summed E-state index contributed by atoms with van der Waals surface area (Å²) in [5, 5.41) is 5.33. The van der Waals surface area contributed by atoms with Crippen LogP contribution in [-0.4, -0.2) is 39.2 Å². The van der Waals surface area contributed by atoms with Gasteiger partial charge < -0.3 is 24.8 Å². The molecule has 0 unspecified atom stereocenters. The molecule has 0 aliphatic rings. The highest BCUT2D eigenvalue weighted by Crippen LogP contribution is 2.25. The van der Waals surface area contributed by atoms with Crippen molar-refractivity contribution in [3.05, 3.63) is 65.1 Å². The molecule has 0 radical (unpaired) electrons. The van der Waals surface area contributed by atoms with Gasteiger partial charge in [-0.3, -0.25) is 9.59 Å². The maximum absolute atomic E-state index is 13.4. The zero-order valence-electron chi connectivity index (χ0n) is 18.0. The van der Waals surface area contributed by atoms with Gasteiger partial charge in [0.1, 0.15) is 23.1 Å². The molecular formula is C23H26ClFN2O5. The SMILES string of the molecule is C=C(CCNC(=O)CCc1cc(OC)ccc1OC)NC(=O)COc1ccc(Cl)c(F)c1. The third-order valence-corrected chi connectivity index (χ3v) is 4.74. The second kappa shape index (κ2) is 12.6. The van der Waals surface area contributed by atoms with Crippen LogP contribution in [0.1, 0.15) is 18.4 Å². The fourth-order valence-electron chi connectivity index (χ4n) is 2.78. The van der Waals surface area contributed by atoms with E-state index in [0.717, 1.165) is 11.6 Å². The van der Waals surface area contributed by atoms with E-state index in [0.29, 0.717) is 36.6 Å². The van der Waals surface area contributed by atoms with E-state index in [2.05, 4.69) is 17.2 Å². The third-order valence-electron chi connectivity index (χ3n) is 4.44. The first-order chi connectivity index (χ1) is 15.3. The van der Waals surface area contributed by atoms with Crippen molar-refractivity contribution < 1.29 is 28.2 Å². The van der Waals surface area contributed by atoms with E-state index in [9.17, 15) is 14.0 Å². The second-order valence-electron chi connectivity index (χ2n) is 6.79. The van der Waals surface area contributed by atoms with Crippen LogP contribution in [0.15, 0.2) is 48.7 Å². The van der Waals surface area contributed by atoms with Crippen LogP contribution < -0.4 is 24.8 Å². The van der Waals surface area contributed by atoms with Crippen LogP contribution in [0.5, 0.6) is 17.2 Å². The Morgan fingerprint density at radius 1 is 1.03 bits per heavy atom. The lowest BCUT2D eigenvalue weighted by molar-refractivity contribution is -0.122. The molecule has 32 heavy (non-hydrogen) atoms. The number of carbonyl (C=O) groups is 2. The van der Waals surface area contributed by atoms with E-state index in [1.54, 1.807) is 26.4 Å². The molecule has 0 aromatic heterocycles. The summed E-state index contributed by atoms with van der Waals surface area (Å²) in [5.41, 5.74) is 1.30. The van der Waals surface area contributed by atoms with Gasteiger partial charge in [-0.05, 0) is 42.3 Å². The summed E-state index contributed by atoms with van der Waals surface area (Å²) >= 11 is 5.60. The summed E-state index contributed by atoms with van der Waals surface area (Å²) in [6.07, 6.45) is 1.12. The summed E-state index contributed by atoms with van der Waals surface area (Å²) in [6.45, 7) is 3.77. The number of ether oxygens (including phenoxy) is 3. The van der Waals surface area contributed by atoms with Gasteiger partial charge >= 0.3 is 0 Å². The van der Waals surface area contributed by atoms with Crippen LogP contribution in [-0.2, 0) is 16.0 Å². The third kappa shape index (κ3) is 8.11. The van der Waals surface area contributed by atoms with Gasteiger partial charge in [0.05, 0.1) is 19.2 Å². The van der Waals surface area contributed by atoms with E-state index >= 15 is 0 Å². The Bertz CT molecular complexity index is 967. The van der Waals surface area contributed by atoms with Gasteiger partial charge in [-0.15, -0.1) is 0 Å².